The summed E-state index contributed by atoms with van der Waals surface area (Å²) in [5.41, 5.74) is 0.838. The quantitative estimate of drug-likeness (QED) is 0.766. The molecule has 86 valence electrons. The molecule has 0 amide bonds. The van der Waals surface area contributed by atoms with Crippen LogP contribution in [0, 0.1) is 0 Å². The summed E-state index contributed by atoms with van der Waals surface area (Å²) >= 11 is 3.41. The molecule has 1 N–H and O–H groups in total. The lowest BCUT2D eigenvalue weighted by Crippen LogP contribution is -1.80. The molecule has 3 rings (SSSR count). The fraction of sp³-hybridized carbons (Fsp3) is 0.0769. The van der Waals surface area contributed by atoms with Crippen LogP contribution in [0.5, 0.6) is 0 Å². The molecule has 3 aromatic heterocycles. The first-order valence-corrected chi connectivity index (χ1v) is 6.89. The van der Waals surface area contributed by atoms with Crippen molar-refractivity contribution in [1.82, 2.24) is 0 Å². The van der Waals surface area contributed by atoms with Crippen molar-refractivity contribution in [1.29, 1.82) is 0 Å². The predicted octanol–water partition coefficient (Wildman–Crippen LogP) is 4.23. The molecule has 0 saturated carbocycles. The Bertz CT molecular complexity index is 605. The minimum Gasteiger partial charge on any atom is -0.463 e. The van der Waals surface area contributed by atoms with E-state index >= 15 is 0 Å². The van der Waals surface area contributed by atoms with E-state index in [1.165, 1.54) is 9.75 Å². The molecule has 3 heterocycles. The molecule has 17 heavy (non-hydrogen) atoms. The highest BCUT2D eigenvalue weighted by Gasteiger charge is 2.11. The highest BCUT2D eigenvalue weighted by Crippen LogP contribution is 2.37. The van der Waals surface area contributed by atoms with Crippen LogP contribution in [0.15, 0.2) is 46.4 Å². The summed E-state index contributed by atoms with van der Waals surface area (Å²) in [5, 5.41) is 11.3. The molecule has 0 radical (unpaired) electrons. The number of furan rings is 1. The van der Waals surface area contributed by atoms with E-state index in [2.05, 4.69) is 17.5 Å². The molecule has 0 saturated heterocycles. The van der Waals surface area contributed by atoms with Crippen molar-refractivity contribution in [3.63, 3.8) is 0 Å². The van der Waals surface area contributed by atoms with E-state index in [0.717, 1.165) is 16.2 Å². The third-order valence-corrected chi connectivity index (χ3v) is 4.66. The molecule has 0 aliphatic rings. The Morgan fingerprint density at radius 3 is 2.71 bits per heavy atom. The van der Waals surface area contributed by atoms with E-state index in [-0.39, 0.29) is 6.61 Å². The smallest absolute Gasteiger partial charge is 0.149 e. The van der Waals surface area contributed by atoms with E-state index in [1.54, 1.807) is 35.0 Å². The molecule has 0 aliphatic carbocycles. The van der Waals surface area contributed by atoms with E-state index in [9.17, 15) is 5.11 Å². The van der Waals surface area contributed by atoms with Crippen LogP contribution in [0.25, 0.3) is 20.4 Å². The zero-order chi connectivity index (χ0) is 11.7. The molecule has 0 unspecified atom stereocenters. The van der Waals surface area contributed by atoms with Crippen molar-refractivity contribution < 1.29 is 9.52 Å². The lowest BCUT2D eigenvalue weighted by atomic mass is 10.2. The van der Waals surface area contributed by atoms with Gasteiger partial charge < -0.3 is 9.52 Å². The maximum absolute atomic E-state index is 9.21. The Morgan fingerprint density at radius 1 is 1.06 bits per heavy atom. The third-order valence-electron chi connectivity index (χ3n) is 2.51. The van der Waals surface area contributed by atoms with E-state index in [0.29, 0.717) is 0 Å². The van der Waals surface area contributed by atoms with Crippen molar-refractivity contribution in [2.45, 2.75) is 6.61 Å². The van der Waals surface area contributed by atoms with Gasteiger partial charge in [-0.25, -0.2) is 0 Å². The van der Waals surface area contributed by atoms with Gasteiger partial charge in [0.15, 0.2) is 0 Å². The Balaban J connectivity index is 2.01. The lowest BCUT2D eigenvalue weighted by Gasteiger charge is -1.95. The van der Waals surface area contributed by atoms with Gasteiger partial charge in [-0.15, -0.1) is 22.7 Å². The van der Waals surface area contributed by atoms with Crippen LogP contribution < -0.4 is 0 Å². The average Bonchev–Trinajstić information content (AvgIpc) is 3.09. The lowest BCUT2D eigenvalue weighted by molar-refractivity contribution is 0.281. The maximum atomic E-state index is 9.21. The highest BCUT2D eigenvalue weighted by atomic mass is 32.1. The van der Waals surface area contributed by atoms with Crippen LogP contribution in [-0.2, 0) is 6.61 Å². The average molecular weight is 262 g/mol. The van der Waals surface area contributed by atoms with Crippen molar-refractivity contribution in [3.05, 3.63) is 47.5 Å². The van der Waals surface area contributed by atoms with Gasteiger partial charge in [0.1, 0.15) is 5.76 Å². The highest BCUT2D eigenvalue weighted by molar-refractivity contribution is 7.23. The zero-order valence-electron chi connectivity index (χ0n) is 8.92. The SMILES string of the molecule is OCc1ccoc1-c1ccc(-c2cccs2)s1. The Labute approximate surface area is 107 Å². The minimum absolute atomic E-state index is 0.0120. The monoisotopic (exact) mass is 262 g/mol. The number of aliphatic hydroxyl groups is 1. The summed E-state index contributed by atoms with van der Waals surface area (Å²) in [6, 6.07) is 10.1. The van der Waals surface area contributed by atoms with E-state index in [4.69, 9.17) is 4.42 Å². The van der Waals surface area contributed by atoms with Crippen LogP contribution in [0.2, 0.25) is 0 Å². The third kappa shape index (κ3) is 1.95. The van der Waals surface area contributed by atoms with Crippen LogP contribution in [0.1, 0.15) is 5.56 Å². The molecule has 0 aliphatic heterocycles. The largest absolute Gasteiger partial charge is 0.463 e. The van der Waals surface area contributed by atoms with Gasteiger partial charge in [-0.2, -0.15) is 0 Å². The normalized spacial score (nSPS) is 10.9. The van der Waals surface area contributed by atoms with E-state index < -0.39 is 0 Å². The molecule has 0 fully saturated rings. The minimum atomic E-state index is 0.0120. The maximum Gasteiger partial charge on any atom is 0.149 e. The fourth-order valence-electron chi connectivity index (χ4n) is 1.69. The molecule has 2 nitrogen and oxygen atoms in total. The zero-order valence-corrected chi connectivity index (χ0v) is 10.6. The second-order valence-corrected chi connectivity index (χ2v) is 5.61. The summed E-state index contributed by atoms with van der Waals surface area (Å²) in [4.78, 5) is 3.55. The number of hydrogen-bond donors (Lipinski definition) is 1. The first-order chi connectivity index (χ1) is 8.38. The van der Waals surface area contributed by atoms with Gasteiger partial charge in [-0.1, -0.05) is 6.07 Å². The van der Waals surface area contributed by atoms with Crippen molar-refractivity contribution >= 4 is 22.7 Å². The van der Waals surface area contributed by atoms with Crippen LogP contribution in [-0.4, -0.2) is 5.11 Å². The second kappa shape index (κ2) is 4.49. The second-order valence-electron chi connectivity index (χ2n) is 3.57. The number of thiophene rings is 2. The van der Waals surface area contributed by atoms with Gasteiger partial charge >= 0.3 is 0 Å². The fourth-order valence-corrected chi connectivity index (χ4v) is 3.55. The van der Waals surface area contributed by atoms with Gasteiger partial charge in [-0.3, -0.25) is 0 Å². The molecular formula is C13H10O2S2. The Morgan fingerprint density at radius 2 is 1.94 bits per heavy atom. The topological polar surface area (TPSA) is 33.4 Å². The number of aliphatic hydroxyl groups excluding tert-OH is 1. The Hall–Kier alpha value is -1.36. The van der Waals surface area contributed by atoms with Crippen LogP contribution in [0.3, 0.4) is 0 Å². The molecule has 0 atom stereocenters. The van der Waals surface area contributed by atoms with Gasteiger partial charge in [0.05, 0.1) is 17.7 Å². The summed E-state index contributed by atoms with van der Waals surface area (Å²) in [6.45, 7) is 0.0120. The van der Waals surface area contributed by atoms with Gasteiger partial charge in [0.2, 0.25) is 0 Å². The van der Waals surface area contributed by atoms with Crippen molar-refractivity contribution in [2.24, 2.45) is 0 Å². The first kappa shape index (κ1) is 10.8. The molecule has 3 aromatic rings. The number of rotatable bonds is 3. The van der Waals surface area contributed by atoms with Gasteiger partial charge in [0.25, 0.3) is 0 Å². The molecule has 0 aromatic carbocycles. The molecule has 0 spiro atoms. The molecule has 4 heteroatoms. The summed E-state index contributed by atoms with van der Waals surface area (Å²) in [7, 11) is 0. The van der Waals surface area contributed by atoms with Crippen molar-refractivity contribution in [3.8, 4) is 20.4 Å². The van der Waals surface area contributed by atoms with Crippen molar-refractivity contribution in [2.75, 3.05) is 0 Å². The molecular weight excluding hydrogens is 252 g/mol. The predicted molar refractivity (Wildman–Crippen MR) is 71.3 cm³/mol. The van der Waals surface area contributed by atoms with Crippen LogP contribution >= 0.6 is 22.7 Å². The van der Waals surface area contributed by atoms with Crippen LogP contribution in [0.4, 0.5) is 0 Å². The Kier molecular flexibility index (Phi) is 2.84. The summed E-state index contributed by atoms with van der Waals surface area (Å²) in [5.74, 6) is 0.778. The summed E-state index contributed by atoms with van der Waals surface area (Å²) in [6.07, 6.45) is 1.62. The van der Waals surface area contributed by atoms with E-state index in [1.807, 2.05) is 12.1 Å². The standard InChI is InChI=1S/C13H10O2S2/c14-8-9-5-6-15-13(9)12-4-3-11(17-12)10-2-1-7-16-10/h1-7,14H,8H2. The first-order valence-electron chi connectivity index (χ1n) is 5.20. The molecule has 0 bridgehead atoms. The summed E-state index contributed by atoms with van der Waals surface area (Å²) < 4.78 is 5.43. The van der Waals surface area contributed by atoms with Gasteiger partial charge in [0, 0.05) is 15.3 Å². The number of hydrogen-bond acceptors (Lipinski definition) is 4. The van der Waals surface area contributed by atoms with Gasteiger partial charge in [-0.05, 0) is 29.6 Å².